The number of nitrogens with two attached hydrogens (primary N) is 1. The Bertz CT molecular complexity index is 496. The van der Waals surface area contributed by atoms with Crippen LogP contribution in [0.3, 0.4) is 0 Å². The summed E-state index contributed by atoms with van der Waals surface area (Å²) in [5, 5.41) is 3.10. The van der Waals surface area contributed by atoms with Crippen molar-refractivity contribution in [2.24, 2.45) is 11.7 Å². The van der Waals surface area contributed by atoms with Crippen molar-refractivity contribution < 1.29 is 14.3 Å². The van der Waals surface area contributed by atoms with Gasteiger partial charge in [-0.15, -0.1) is 12.4 Å². The lowest BCUT2D eigenvalue weighted by molar-refractivity contribution is -0.121. The van der Waals surface area contributed by atoms with E-state index in [0.29, 0.717) is 30.4 Å². The quantitative estimate of drug-likeness (QED) is 0.836. The van der Waals surface area contributed by atoms with Crippen molar-refractivity contribution in [3.8, 4) is 11.5 Å². The summed E-state index contributed by atoms with van der Waals surface area (Å²) in [7, 11) is 3.18. The van der Waals surface area contributed by atoms with Crippen LogP contribution in [0, 0.1) is 5.92 Å². The highest BCUT2D eigenvalue weighted by molar-refractivity contribution is 5.85. The van der Waals surface area contributed by atoms with E-state index in [1.807, 2.05) is 18.2 Å². The van der Waals surface area contributed by atoms with Gasteiger partial charge in [0.2, 0.25) is 5.91 Å². The molecule has 0 radical (unpaired) electrons. The van der Waals surface area contributed by atoms with E-state index in [9.17, 15) is 4.79 Å². The second-order valence-corrected chi connectivity index (χ2v) is 5.47. The van der Waals surface area contributed by atoms with Crippen molar-refractivity contribution in [3.63, 3.8) is 0 Å². The molecule has 22 heavy (non-hydrogen) atoms. The van der Waals surface area contributed by atoms with E-state index in [-0.39, 0.29) is 24.4 Å². The summed E-state index contributed by atoms with van der Waals surface area (Å²) in [6.45, 7) is 0.640. The fourth-order valence-electron chi connectivity index (χ4n) is 2.94. The zero-order valence-electron chi connectivity index (χ0n) is 13.1. The average molecular weight is 329 g/mol. The summed E-state index contributed by atoms with van der Waals surface area (Å²) in [5.74, 6) is 1.76. The standard InChI is InChI=1S/C16H24N2O3.ClH/c1-20-14-7-6-11(8-15(14)21-2)9-16(19)18-13-5-3-4-12(13)10-17;/h6-8,12-13H,3-5,9-10,17H2,1-2H3,(H,18,19);1H. The van der Waals surface area contributed by atoms with Gasteiger partial charge in [-0.25, -0.2) is 0 Å². The molecule has 6 heteroatoms. The van der Waals surface area contributed by atoms with Gasteiger partial charge in [0.1, 0.15) is 0 Å². The normalized spacial score (nSPS) is 20.1. The molecule has 1 aromatic rings. The Labute approximate surface area is 138 Å². The van der Waals surface area contributed by atoms with Gasteiger partial charge in [-0.1, -0.05) is 12.5 Å². The highest BCUT2D eigenvalue weighted by atomic mass is 35.5. The molecule has 3 N–H and O–H groups in total. The zero-order chi connectivity index (χ0) is 15.2. The highest BCUT2D eigenvalue weighted by Gasteiger charge is 2.27. The third kappa shape index (κ3) is 4.52. The number of nitrogens with one attached hydrogen (secondary N) is 1. The molecule has 2 rings (SSSR count). The van der Waals surface area contributed by atoms with Crippen molar-refractivity contribution >= 4 is 18.3 Å². The van der Waals surface area contributed by atoms with Crippen LogP contribution in [-0.2, 0) is 11.2 Å². The molecule has 2 unspecified atom stereocenters. The van der Waals surface area contributed by atoms with Gasteiger partial charge in [-0.3, -0.25) is 4.79 Å². The van der Waals surface area contributed by atoms with E-state index in [2.05, 4.69) is 5.32 Å². The molecule has 1 saturated carbocycles. The Hall–Kier alpha value is -1.46. The Morgan fingerprint density at radius 1 is 1.27 bits per heavy atom. The number of hydrogen-bond donors (Lipinski definition) is 2. The SMILES string of the molecule is COc1ccc(CC(=O)NC2CCCC2CN)cc1OC.Cl. The summed E-state index contributed by atoms with van der Waals surface area (Å²) < 4.78 is 10.4. The summed E-state index contributed by atoms with van der Waals surface area (Å²) in [6, 6.07) is 5.77. The first-order valence-corrected chi connectivity index (χ1v) is 7.38. The van der Waals surface area contributed by atoms with Crippen molar-refractivity contribution in [2.45, 2.75) is 31.7 Å². The number of benzene rings is 1. The van der Waals surface area contributed by atoms with Gasteiger partial charge >= 0.3 is 0 Å². The van der Waals surface area contributed by atoms with Crippen molar-refractivity contribution in [3.05, 3.63) is 23.8 Å². The van der Waals surface area contributed by atoms with Gasteiger partial charge < -0.3 is 20.5 Å². The fraction of sp³-hybridized carbons (Fsp3) is 0.562. The predicted molar refractivity (Wildman–Crippen MR) is 88.8 cm³/mol. The predicted octanol–water partition coefficient (Wildman–Crippen LogP) is 1.91. The minimum absolute atomic E-state index is 0. The molecule has 1 aromatic carbocycles. The molecule has 124 valence electrons. The number of methoxy groups -OCH3 is 2. The fourth-order valence-corrected chi connectivity index (χ4v) is 2.94. The molecule has 0 spiro atoms. The van der Waals surface area contributed by atoms with E-state index in [1.54, 1.807) is 14.2 Å². The number of rotatable bonds is 6. The largest absolute Gasteiger partial charge is 0.493 e. The molecule has 1 aliphatic rings. The first-order valence-electron chi connectivity index (χ1n) is 7.38. The Balaban J connectivity index is 0.00000242. The minimum Gasteiger partial charge on any atom is -0.493 e. The van der Waals surface area contributed by atoms with Crippen molar-refractivity contribution in [2.75, 3.05) is 20.8 Å². The average Bonchev–Trinajstić information content (AvgIpc) is 2.94. The lowest BCUT2D eigenvalue weighted by Gasteiger charge is -2.19. The molecule has 1 aliphatic carbocycles. The molecule has 1 amide bonds. The molecule has 0 bridgehead atoms. The van der Waals surface area contributed by atoms with Gasteiger partial charge in [0.25, 0.3) is 0 Å². The monoisotopic (exact) mass is 328 g/mol. The first kappa shape index (κ1) is 18.6. The molecular formula is C16H25ClN2O3. The molecule has 2 atom stereocenters. The number of amides is 1. The number of carbonyl (C=O) groups excluding carboxylic acids is 1. The van der Waals surface area contributed by atoms with Gasteiger partial charge in [0.05, 0.1) is 20.6 Å². The van der Waals surface area contributed by atoms with E-state index < -0.39 is 0 Å². The van der Waals surface area contributed by atoms with Crippen LogP contribution in [0.5, 0.6) is 11.5 Å². The van der Waals surface area contributed by atoms with E-state index >= 15 is 0 Å². The zero-order valence-corrected chi connectivity index (χ0v) is 13.9. The topological polar surface area (TPSA) is 73.6 Å². The Morgan fingerprint density at radius 3 is 2.64 bits per heavy atom. The second-order valence-electron chi connectivity index (χ2n) is 5.47. The maximum Gasteiger partial charge on any atom is 0.224 e. The minimum atomic E-state index is 0. The smallest absolute Gasteiger partial charge is 0.224 e. The molecule has 0 saturated heterocycles. The van der Waals surface area contributed by atoms with Crippen LogP contribution >= 0.6 is 12.4 Å². The molecule has 0 aliphatic heterocycles. The van der Waals surface area contributed by atoms with Crippen LogP contribution in [0.4, 0.5) is 0 Å². The van der Waals surface area contributed by atoms with Crippen LogP contribution in [-0.4, -0.2) is 32.7 Å². The maximum absolute atomic E-state index is 12.2. The molecule has 1 fully saturated rings. The maximum atomic E-state index is 12.2. The summed E-state index contributed by atoms with van der Waals surface area (Å²) in [4.78, 5) is 12.2. The number of hydrogen-bond acceptors (Lipinski definition) is 4. The number of carbonyl (C=O) groups is 1. The summed E-state index contributed by atoms with van der Waals surface area (Å²) >= 11 is 0. The molecule has 0 aromatic heterocycles. The third-order valence-electron chi connectivity index (χ3n) is 4.12. The lowest BCUT2D eigenvalue weighted by Crippen LogP contribution is -2.40. The van der Waals surface area contributed by atoms with Crippen LogP contribution in [0.1, 0.15) is 24.8 Å². The number of ether oxygens (including phenoxy) is 2. The highest BCUT2D eigenvalue weighted by Crippen LogP contribution is 2.28. The first-order chi connectivity index (χ1) is 10.2. The van der Waals surface area contributed by atoms with Crippen molar-refractivity contribution in [1.82, 2.24) is 5.32 Å². The molecular weight excluding hydrogens is 304 g/mol. The summed E-state index contributed by atoms with van der Waals surface area (Å²) in [6.07, 6.45) is 3.62. The number of halogens is 1. The van der Waals surface area contributed by atoms with E-state index in [0.717, 1.165) is 24.8 Å². The Kier molecular flexibility index (Phi) is 7.48. The molecule has 5 nitrogen and oxygen atoms in total. The Morgan fingerprint density at radius 2 is 2.00 bits per heavy atom. The van der Waals surface area contributed by atoms with Crippen LogP contribution in [0.15, 0.2) is 18.2 Å². The summed E-state index contributed by atoms with van der Waals surface area (Å²) in [5.41, 5.74) is 6.65. The van der Waals surface area contributed by atoms with Gasteiger partial charge in [0, 0.05) is 6.04 Å². The van der Waals surface area contributed by atoms with Gasteiger partial charge in [-0.2, -0.15) is 0 Å². The van der Waals surface area contributed by atoms with Gasteiger partial charge in [0.15, 0.2) is 11.5 Å². The molecule has 0 heterocycles. The third-order valence-corrected chi connectivity index (χ3v) is 4.12. The van der Waals surface area contributed by atoms with Crippen LogP contribution < -0.4 is 20.5 Å². The van der Waals surface area contributed by atoms with Gasteiger partial charge in [-0.05, 0) is 43.0 Å². The lowest BCUT2D eigenvalue weighted by atomic mass is 10.0. The van der Waals surface area contributed by atoms with E-state index in [1.165, 1.54) is 0 Å². The van der Waals surface area contributed by atoms with E-state index in [4.69, 9.17) is 15.2 Å². The second kappa shape index (κ2) is 8.86. The van der Waals surface area contributed by atoms with Crippen LogP contribution in [0.2, 0.25) is 0 Å². The van der Waals surface area contributed by atoms with Crippen LogP contribution in [0.25, 0.3) is 0 Å². The van der Waals surface area contributed by atoms with Crippen molar-refractivity contribution in [1.29, 1.82) is 0 Å².